The number of hydrogen-bond donors (Lipinski definition) is 1. The maximum atomic E-state index is 5.51. The highest BCUT2D eigenvalue weighted by Gasteiger charge is 2.03. The van der Waals surface area contributed by atoms with Crippen LogP contribution in [0.4, 0.5) is 5.95 Å². The summed E-state index contributed by atoms with van der Waals surface area (Å²) in [5.74, 6) is 0.266. The van der Waals surface area contributed by atoms with Crippen molar-refractivity contribution in [2.24, 2.45) is 0 Å². The van der Waals surface area contributed by atoms with E-state index in [0.717, 1.165) is 17.8 Å². The fourth-order valence-corrected chi connectivity index (χ4v) is 1.34. The molecular weight excluding hydrogens is 206 g/mol. The maximum absolute atomic E-state index is 5.51. The summed E-state index contributed by atoms with van der Waals surface area (Å²) < 4.78 is 6.78. The molecule has 0 bridgehead atoms. The van der Waals surface area contributed by atoms with Crippen LogP contribution in [0.3, 0.4) is 0 Å². The van der Waals surface area contributed by atoms with Gasteiger partial charge in [-0.25, -0.2) is 9.97 Å². The van der Waals surface area contributed by atoms with Crippen molar-refractivity contribution < 1.29 is 4.74 Å². The minimum atomic E-state index is 0.266. The molecule has 0 spiro atoms. The minimum absolute atomic E-state index is 0.266. The lowest BCUT2D eigenvalue weighted by atomic mass is 10.2. The van der Waals surface area contributed by atoms with Gasteiger partial charge >= 0.3 is 0 Å². The predicted molar refractivity (Wildman–Crippen MR) is 59.5 cm³/mol. The molecule has 0 fully saturated rings. The van der Waals surface area contributed by atoms with Crippen LogP contribution in [0.2, 0.25) is 0 Å². The third-order valence-corrected chi connectivity index (χ3v) is 2.13. The van der Waals surface area contributed by atoms with Crippen molar-refractivity contribution in [3.8, 4) is 11.3 Å². The zero-order valence-corrected chi connectivity index (χ0v) is 9.00. The number of rotatable bonds is 4. The Balaban J connectivity index is 2.18. The molecule has 2 rings (SSSR count). The normalized spacial score (nSPS) is 10.6. The predicted octanol–water partition coefficient (Wildman–Crippen LogP) is 0.569. The van der Waals surface area contributed by atoms with Crippen LogP contribution in [-0.4, -0.2) is 33.5 Å². The van der Waals surface area contributed by atoms with E-state index in [1.807, 2.05) is 6.20 Å². The lowest BCUT2D eigenvalue weighted by molar-refractivity contribution is 0.183. The topological polar surface area (TPSA) is 78.9 Å². The first-order valence-corrected chi connectivity index (χ1v) is 4.90. The highest BCUT2D eigenvalue weighted by atomic mass is 16.5. The standard InChI is InChI=1S/C10H13N5O/c1-16-5-4-15-7-8(6-13-15)9-2-3-12-10(11)14-9/h2-3,6-7H,4-5H2,1H3,(H2,11,12,14). The number of nitrogens with two attached hydrogens (primary N) is 1. The summed E-state index contributed by atoms with van der Waals surface area (Å²) in [6, 6.07) is 1.80. The summed E-state index contributed by atoms with van der Waals surface area (Å²) in [6.45, 7) is 1.35. The van der Waals surface area contributed by atoms with Gasteiger partial charge in [-0.05, 0) is 6.07 Å². The number of hydrogen-bond acceptors (Lipinski definition) is 5. The molecular formula is C10H13N5O. The molecule has 0 aliphatic heterocycles. The fraction of sp³-hybridized carbons (Fsp3) is 0.300. The zero-order chi connectivity index (χ0) is 11.4. The zero-order valence-electron chi connectivity index (χ0n) is 9.00. The smallest absolute Gasteiger partial charge is 0.220 e. The number of nitrogens with zero attached hydrogens (tertiary/aromatic N) is 4. The van der Waals surface area contributed by atoms with Crippen molar-refractivity contribution in [3.63, 3.8) is 0 Å². The molecule has 0 saturated heterocycles. The van der Waals surface area contributed by atoms with Crippen LogP contribution in [0.5, 0.6) is 0 Å². The molecule has 6 heteroatoms. The Morgan fingerprint density at radius 1 is 1.50 bits per heavy atom. The first-order chi connectivity index (χ1) is 7.79. The molecule has 0 aliphatic carbocycles. The Morgan fingerprint density at radius 3 is 3.12 bits per heavy atom. The van der Waals surface area contributed by atoms with Crippen molar-refractivity contribution in [2.75, 3.05) is 19.5 Å². The Bertz CT molecular complexity index is 468. The lowest BCUT2D eigenvalue weighted by Crippen LogP contribution is -2.03. The number of anilines is 1. The van der Waals surface area contributed by atoms with Gasteiger partial charge in [-0.2, -0.15) is 5.10 Å². The van der Waals surface area contributed by atoms with Gasteiger partial charge in [0.15, 0.2) is 0 Å². The molecule has 0 atom stereocenters. The van der Waals surface area contributed by atoms with E-state index in [9.17, 15) is 0 Å². The SMILES string of the molecule is COCCn1cc(-c2ccnc(N)n2)cn1. The van der Waals surface area contributed by atoms with E-state index >= 15 is 0 Å². The Kier molecular flexibility index (Phi) is 3.11. The Labute approximate surface area is 93.1 Å². The largest absolute Gasteiger partial charge is 0.383 e. The third kappa shape index (κ3) is 2.34. The molecule has 0 radical (unpaired) electrons. The summed E-state index contributed by atoms with van der Waals surface area (Å²) in [5, 5.41) is 4.20. The van der Waals surface area contributed by atoms with E-state index in [0.29, 0.717) is 6.61 Å². The van der Waals surface area contributed by atoms with Gasteiger partial charge in [0, 0.05) is 25.1 Å². The maximum Gasteiger partial charge on any atom is 0.220 e. The molecule has 0 saturated carbocycles. The fourth-order valence-electron chi connectivity index (χ4n) is 1.34. The molecule has 2 N–H and O–H groups in total. The first kappa shape index (κ1) is 10.6. The van der Waals surface area contributed by atoms with Gasteiger partial charge in [-0.15, -0.1) is 0 Å². The van der Waals surface area contributed by atoms with Crippen molar-refractivity contribution in [1.29, 1.82) is 0 Å². The van der Waals surface area contributed by atoms with Crippen LogP contribution < -0.4 is 5.73 Å². The second kappa shape index (κ2) is 4.71. The quantitative estimate of drug-likeness (QED) is 0.813. The van der Waals surface area contributed by atoms with Gasteiger partial charge in [0.2, 0.25) is 5.95 Å². The van der Waals surface area contributed by atoms with Crippen molar-refractivity contribution in [1.82, 2.24) is 19.7 Å². The Hall–Kier alpha value is -1.95. The monoisotopic (exact) mass is 219 g/mol. The van der Waals surface area contributed by atoms with E-state index in [1.165, 1.54) is 0 Å². The van der Waals surface area contributed by atoms with E-state index < -0.39 is 0 Å². The summed E-state index contributed by atoms with van der Waals surface area (Å²) in [4.78, 5) is 7.96. The number of aromatic nitrogens is 4. The summed E-state index contributed by atoms with van der Waals surface area (Å²) in [7, 11) is 1.66. The van der Waals surface area contributed by atoms with Gasteiger partial charge in [-0.3, -0.25) is 4.68 Å². The molecule has 2 aromatic rings. The Morgan fingerprint density at radius 2 is 2.38 bits per heavy atom. The summed E-state index contributed by atoms with van der Waals surface area (Å²) in [5.41, 5.74) is 7.21. The molecule has 0 amide bonds. The van der Waals surface area contributed by atoms with Gasteiger partial charge in [-0.1, -0.05) is 0 Å². The molecule has 2 heterocycles. The highest BCUT2D eigenvalue weighted by Crippen LogP contribution is 2.15. The second-order valence-corrected chi connectivity index (χ2v) is 3.28. The van der Waals surface area contributed by atoms with Gasteiger partial charge in [0.25, 0.3) is 0 Å². The van der Waals surface area contributed by atoms with E-state index in [2.05, 4.69) is 15.1 Å². The second-order valence-electron chi connectivity index (χ2n) is 3.28. The highest BCUT2D eigenvalue weighted by molar-refractivity contribution is 5.57. The van der Waals surface area contributed by atoms with E-state index in [-0.39, 0.29) is 5.95 Å². The summed E-state index contributed by atoms with van der Waals surface area (Å²) >= 11 is 0. The molecule has 0 aliphatic rings. The van der Waals surface area contributed by atoms with Crippen LogP contribution in [-0.2, 0) is 11.3 Å². The lowest BCUT2D eigenvalue weighted by Gasteiger charge is -1.99. The molecule has 0 aromatic carbocycles. The molecule has 84 valence electrons. The molecule has 16 heavy (non-hydrogen) atoms. The molecule has 6 nitrogen and oxygen atoms in total. The van der Waals surface area contributed by atoms with E-state index in [1.54, 1.807) is 30.3 Å². The van der Waals surface area contributed by atoms with Crippen LogP contribution >= 0.6 is 0 Å². The first-order valence-electron chi connectivity index (χ1n) is 4.90. The molecule has 2 aromatic heterocycles. The van der Waals surface area contributed by atoms with Gasteiger partial charge in [0.05, 0.1) is 25.0 Å². The average Bonchev–Trinajstić information content (AvgIpc) is 2.75. The average molecular weight is 219 g/mol. The van der Waals surface area contributed by atoms with Crippen LogP contribution in [0, 0.1) is 0 Å². The number of ether oxygens (including phenoxy) is 1. The van der Waals surface area contributed by atoms with Gasteiger partial charge < -0.3 is 10.5 Å². The van der Waals surface area contributed by atoms with Crippen molar-refractivity contribution in [3.05, 3.63) is 24.7 Å². The van der Waals surface area contributed by atoms with Crippen molar-refractivity contribution in [2.45, 2.75) is 6.54 Å². The van der Waals surface area contributed by atoms with Crippen LogP contribution in [0.25, 0.3) is 11.3 Å². The van der Waals surface area contributed by atoms with Crippen LogP contribution in [0.1, 0.15) is 0 Å². The van der Waals surface area contributed by atoms with Gasteiger partial charge in [0.1, 0.15) is 0 Å². The minimum Gasteiger partial charge on any atom is -0.383 e. The van der Waals surface area contributed by atoms with E-state index in [4.69, 9.17) is 10.5 Å². The number of methoxy groups -OCH3 is 1. The molecule has 0 unspecified atom stereocenters. The van der Waals surface area contributed by atoms with Crippen LogP contribution in [0.15, 0.2) is 24.7 Å². The van der Waals surface area contributed by atoms with Crippen molar-refractivity contribution >= 4 is 5.95 Å². The number of nitrogen functional groups attached to an aromatic ring is 1. The summed E-state index contributed by atoms with van der Waals surface area (Å²) in [6.07, 6.45) is 5.28. The third-order valence-electron chi connectivity index (χ3n) is 2.13.